The van der Waals surface area contributed by atoms with Crippen molar-refractivity contribution in [2.24, 2.45) is 0 Å². The van der Waals surface area contributed by atoms with Crippen molar-refractivity contribution < 1.29 is 17.9 Å². The Balaban J connectivity index is 1.89. The minimum Gasteiger partial charge on any atom is -0.493 e. The van der Waals surface area contributed by atoms with E-state index in [0.29, 0.717) is 30.1 Å². The summed E-state index contributed by atoms with van der Waals surface area (Å²) in [5.41, 5.74) is 2.73. The Morgan fingerprint density at radius 2 is 1.69 bits per heavy atom. The second kappa shape index (κ2) is 9.89. The summed E-state index contributed by atoms with van der Waals surface area (Å²) in [6.45, 7) is 4.26. The summed E-state index contributed by atoms with van der Waals surface area (Å²) in [7, 11) is 4.84. The van der Waals surface area contributed by atoms with E-state index in [0.717, 1.165) is 29.9 Å². The molecule has 0 aliphatic carbocycles. The first kappa shape index (κ1) is 24.0. The van der Waals surface area contributed by atoms with Crippen LogP contribution in [-0.4, -0.2) is 62.5 Å². The number of aryl methyl sites for hydroxylation is 1. The van der Waals surface area contributed by atoms with Crippen LogP contribution in [0, 0.1) is 0 Å². The SMILES string of the molecule is CCCn1c(CN(C)Cc2ccc(OC)c(OC)c2)nc2cc(S(=O)(=O)N(C)C)ccc21. The maximum atomic E-state index is 12.5. The van der Waals surface area contributed by atoms with Gasteiger partial charge in [-0.3, -0.25) is 4.90 Å². The summed E-state index contributed by atoms with van der Waals surface area (Å²) in [4.78, 5) is 7.23. The van der Waals surface area contributed by atoms with Crippen LogP contribution in [0.1, 0.15) is 24.7 Å². The van der Waals surface area contributed by atoms with Crippen LogP contribution in [0.15, 0.2) is 41.3 Å². The monoisotopic (exact) mass is 460 g/mol. The van der Waals surface area contributed by atoms with Gasteiger partial charge in [-0.2, -0.15) is 0 Å². The average Bonchev–Trinajstić information content (AvgIpc) is 3.09. The van der Waals surface area contributed by atoms with Crippen molar-refractivity contribution in [2.45, 2.75) is 37.9 Å². The second-order valence-electron chi connectivity index (χ2n) is 7.98. The van der Waals surface area contributed by atoms with E-state index < -0.39 is 10.0 Å². The fraction of sp³-hybridized carbons (Fsp3) is 0.435. The van der Waals surface area contributed by atoms with Gasteiger partial charge in [-0.15, -0.1) is 0 Å². The van der Waals surface area contributed by atoms with Crippen molar-refractivity contribution in [1.82, 2.24) is 18.8 Å². The van der Waals surface area contributed by atoms with Crippen LogP contribution in [-0.2, 0) is 29.7 Å². The van der Waals surface area contributed by atoms with E-state index in [2.05, 4.69) is 16.4 Å². The fourth-order valence-corrected chi connectivity index (χ4v) is 4.63. The van der Waals surface area contributed by atoms with Crippen LogP contribution in [0.4, 0.5) is 0 Å². The first-order valence-electron chi connectivity index (χ1n) is 10.5. The van der Waals surface area contributed by atoms with Gasteiger partial charge >= 0.3 is 0 Å². The minimum absolute atomic E-state index is 0.251. The highest BCUT2D eigenvalue weighted by molar-refractivity contribution is 7.89. The summed E-state index contributed by atoms with van der Waals surface area (Å²) in [5, 5.41) is 0. The van der Waals surface area contributed by atoms with Gasteiger partial charge in [0.25, 0.3) is 0 Å². The standard InChI is InChI=1S/C23H32N4O4S/c1-7-12-27-20-10-9-18(32(28,29)25(2)3)14-19(20)24-23(27)16-26(4)15-17-8-11-21(30-5)22(13-17)31-6/h8-11,13-14H,7,12,15-16H2,1-6H3. The molecule has 0 aliphatic rings. The molecule has 2 aromatic carbocycles. The quantitative estimate of drug-likeness (QED) is 0.462. The normalized spacial score (nSPS) is 12.1. The summed E-state index contributed by atoms with van der Waals surface area (Å²) in [6.07, 6.45) is 0.954. The highest BCUT2D eigenvalue weighted by Crippen LogP contribution is 2.28. The average molecular weight is 461 g/mol. The molecular weight excluding hydrogens is 428 g/mol. The van der Waals surface area contributed by atoms with Gasteiger partial charge in [-0.05, 0) is 49.4 Å². The molecule has 0 radical (unpaired) electrons. The lowest BCUT2D eigenvalue weighted by Crippen LogP contribution is -2.22. The molecule has 32 heavy (non-hydrogen) atoms. The predicted octanol–water partition coefficient (Wildman–Crippen LogP) is 3.35. The molecule has 3 rings (SSSR count). The highest BCUT2D eigenvalue weighted by atomic mass is 32.2. The Morgan fingerprint density at radius 3 is 2.31 bits per heavy atom. The molecule has 1 aromatic heterocycles. The van der Waals surface area contributed by atoms with E-state index in [1.807, 2.05) is 31.3 Å². The molecule has 0 saturated carbocycles. The third-order valence-electron chi connectivity index (χ3n) is 5.34. The molecule has 0 fully saturated rings. The largest absolute Gasteiger partial charge is 0.493 e. The van der Waals surface area contributed by atoms with E-state index in [1.165, 1.54) is 18.4 Å². The number of hydrogen-bond donors (Lipinski definition) is 0. The number of sulfonamides is 1. The number of imidazole rings is 1. The third kappa shape index (κ3) is 4.90. The number of nitrogens with zero attached hydrogens (tertiary/aromatic N) is 4. The van der Waals surface area contributed by atoms with Crippen molar-refractivity contribution in [3.63, 3.8) is 0 Å². The molecule has 3 aromatic rings. The first-order valence-corrected chi connectivity index (χ1v) is 12.0. The van der Waals surface area contributed by atoms with Crippen LogP contribution in [0.2, 0.25) is 0 Å². The van der Waals surface area contributed by atoms with Gasteiger partial charge in [-0.1, -0.05) is 13.0 Å². The van der Waals surface area contributed by atoms with Gasteiger partial charge in [0.05, 0.1) is 36.7 Å². The van der Waals surface area contributed by atoms with Gasteiger partial charge in [0, 0.05) is 27.2 Å². The van der Waals surface area contributed by atoms with Gasteiger partial charge < -0.3 is 14.0 Å². The van der Waals surface area contributed by atoms with E-state index in [-0.39, 0.29) is 4.90 Å². The zero-order valence-electron chi connectivity index (χ0n) is 19.6. The van der Waals surface area contributed by atoms with Crippen molar-refractivity contribution in [1.29, 1.82) is 0 Å². The number of hydrogen-bond acceptors (Lipinski definition) is 6. The number of fused-ring (bicyclic) bond motifs is 1. The van der Waals surface area contributed by atoms with Crippen LogP contribution >= 0.6 is 0 Å². The van der Waals surface area contributed by atoms with Crippen molar-refractivity contribution in [3.05, 3.63) is 47.8 Å². The summed E-state index contributed by atoms with van der Waals surface area (Å²) < 4.78 is 39.2. The van der Waals surface area contributed by atoms with Crippen molar-refractivity contribution in [2.75, 3.05) is 35.4 Å². The summed E-state index contributed by atoms with van der Waals surface area (Å²) in [5.74, 6) is 2.31. The van der Waals surface area contributed by atoms with Gasteiger partial charge in [-0.25, -0.2) is 17.7 Å². The predicted molar refractivity (Wildman–Crippen MR) is 126 cm³/mol. The molecule has 0 spiro atoms. The Kier molecular flexibility index (Phi) is 7.43. The zero-order valence-corrected chi connectivity index (χ0v) is 20.4. The van der Waals surface area contributed by atoms with E-state index in [9.17, 15) is 8.42 Å². The highest BCUT2D eigenvalue weighted by Gasteiger charge is 2.20. The molecule has 0 saturated heterocycles. The Bertz CT molecular complexity index is 1190. The molecule has 174 valence electrons. The van der Waals surface area contributed by atoms with Crippen LogP contribution in [0.5, 0.6) is 11.5 Å². The van der Waals surface area contributed by atoms with Gasteiger partial charge in [0.2, 0.25) is 10.0 Å². The Hall–Kier alpha value is -2.62. The molecule has 0 amide bonds. The smallest absolute Gasteiger partial charge is 0.242 e. The second-order valence-corrected chi connectivity index (χ2v) is 10.1. The third-order valence-corrected chi connectivity index (χ3v) is 7.15. The summed E-state index contributed by atoms with van der Waals surface area (Å²) >= 11 is 0. The molecule has 0 aliphatic heterocycles. The van der Waals surface area contributed by atoms with Gasteiger partial charge in [0.1, 0.15) is 5.82 Å². The van der Waals surface area contributed by atoms with Crippen molar-refractivity contribution >= 4 is 21.1 Å². The molecule has 1 heterocycles. The van der Waals surface area contributed by atoms with E-state index in [1.54, 1.807) is 26.4 Å². The Morgan fingerprint density at radius 1 is 0.969 bits per heavy atom. The topological polar surface area (TPSA) is 76.9 Å². The van der Waals surface area contributed by atoms with E-state index >= 15 is 0 Å². The van der Waals surface area contributed by atoms with Crippen LogP contribution in [0.3, 0.4) is 0 Å². The molecule has 8 nitrogen and oxygen atoms in total. The number of rotatable bonds is 10. The number of methoxy groups -OCH3 is 2. The lowest BCUT2D eigenvalue weighted by Gasteiger charge is -2.18. The maximum absolute atomic E-state index is 12.5. The molecule has 0 atom stereocenters. The number of ether oxygens (including phenoxy) is 2. The lowest BCUT2D eigenvalue weighted by molar-refractivity contribution is 0.303. The lowest BCUT2D eigenvalue weighted by atomic mass is 10.2. The molecular formula is C23H32N4O4S. The van der Waals surface area contributed by atoms with Crippen LogP contribution in [0.25, 0.3) is 11.0 Å². The van der Waals surface area contributed by atoms with Gasteiger partial charge in [0.15, 0.2) is 11.5 Å². The Labute approximate surface area is 190 Å². The molecule has 0 N–H and O–H groups in total. The van der Waals surface area contributed by atoms with Crippen LogP contribution < -0.4 is 9.47 Å². The minimum atomic E-state index is -3.51. The summed E-state index contributed by atoms with van der Waals surface area (Å²) in [6, 6.07) is 11.1. The van der Waals surface area contributed by atoms with Crippen molar-refractivity contribution in [3.8, 4) is 11.5 Å². The maximum Gasteiger partial charge on any atom is 0.242 e. The molecule has 0 bridgehead atoms. The first-order chi connectivity index (χ1) is 15.2. The number of benzene rings is 2. The molecule has 9 heteroatoms. The number of aromatic nitrogens is 2. The molecule has 0 unspecified atom stereocenters. The zero-order chi connectivity index (χ0) is 23.5. The van der Waals surface area contributed by atoms with E-state index in [4.69, 9.17) is 14.5 Å². The fourth-order valence-electron chi connectivity index (χ4n) is 3.71.